The Balaban J connectivity index is -0.000000320. The van der Waals surface area contributed by atoms with Crippen LogP contribution >= 0.6 is 15.6 Å². The first-order chi connectivity index (χ1) is 3.71. The van der Waals surface area contributed by atoms with Crippen LogP contribution in [0.15, 0.2) is 0 Å². The molecule has 0 spiro atoms. The molecule has 64 valence electrons. The standard InChI is InChI=1S/Mg.H3N.H4O7P2/c;;1-8(2,3)7-9(4,5)6/h;1H3;(H2,1,2,3)(H2,4,5,6)/q+2;;/p-2. The van der Waals surface area contributed by atoms with E-state index in [0.717, 1.165) is 0 Å². The molecule has 0 aliphatic carbocycles. The van der Waals surface area contributed by atoms with Crippen LogP contribution < -0.4 is 15.9 Å². The van der Waals surface area contributed by atoms with Crippen LogP contribution in [0.3, 0.4) is 0 Å². The van der Waals surface area contributed by atoms with Crippen LogP contribution in [0.4, 0.5) is 0 Å². The van der Waals surface area contributed by atoms with Gasteiger partial charge in [0.15, 0.2) is 0 Å². The molecule has 5 N–H and O–H groups in total. The van der Waals surface area contributed by atoms with Crippen molar-refractivity contribution in [3.8, 4) is 0 Å². The van der Waals surface area contributed by atoms with E-state index in [-0.39, 0.29) is 29.2 Å². The number of phosphoric acid groups is 2. The van der Waals surface area contributed by atoms with E-state index in [0.29, 0.717) is 0 Å². The van der Waals surface area contributed by atoms with Gasteiger partial charge >= 0.3 is 23.1 Å². The monoisotopic (exact) mass is 217 g/mol. The van der Waals surface area contributed by atoms with Gasteiger partial charge in [0, 0.05) is 0 Å². The molecule has 0 rings (SSSR count). The average molecular weight is 217 g/mol. The van der Waals surface area contributed by atoms with Gasteiger partial charge < -0.3 is 25.7 Å². The molecule has 2 unspecified atom stereocenters. The molecule has 11 heavy (non-hydrogen) atoms. The summed E-state index contributed by atoms with van der Waals surface area (Å²) in [7, 11) is -10.7. The van der Waals surface area contributed by atoms with Crippen molar-refractivity contribution in [3.63, 3.8) is 0 Å². The zero-order valence-electron chi connectivity index (χ0n) is 5.24. The summed E-state index contributed by atoms with van der Waals surface area (Å²) in [5.74, 6) is 0. The third-order valence-electron chi connectivity index (χ3n) is 0.206. The van der Waals surface area contributed by atoms with E-state index in [2.05, 4.69) is 4.31 Å². The molecule has 0 heterocycles. The zero-order valence-corrected chi connectivity index (χ0v) is 8.45. The van der Waals surface area contributed by atoms with Crippen LogP contribution in [0.2, 0.25) is 0 Å². The second-order valence-electron chi connectivity index (χ2n) is 1.02. The van der Waals surface area contributed by atoms with Gasteiger partial charge in [0.25, 0.3) is 15.6 Å². The van der Waals surface area contributed by atoms with E-state index in [1.54, 1.807) is 0 Å². The first-order valence-electron chi connectivity index (χ1n) is 1.50. The predicted octanol–water partition coefficient (Wildman–Crippen LogP) is -2.29. The summed E-state index contributed by atoms with van der Waals surface area (Å²) in [6.07, 6.45) is 0. The Morgan fingerprint density at radius 1 is 1.09 bits per heavy atom. The molecular weight excluding hydrogens is 212 g/mol. The van der Waals surface area contributed by atoms with E-state index in [9.17, 15) is 18.9 Å². The molecule has 0 aromatic carbocycles. The third-order valence-corrected chi connectivity index (χ3v) is 1.86. The molecule has 0 radical (unpaired) electrons. The molecule has 8 nitrogen and oxygen atoms in total. The SMILES string of the molecule is N.O=P([O-])(O)OP(=O)([O-])O.[Mg+2]. The maximum absolute atomic E-state index is 9.48. The molecule has 0 fully saturated rings. The Bertz CT molecular complexity index is 157. The summed E-state index contributed by atoms with van der Waals surface area (Å²) in [5, 5.41) is 0. The summed E-state index contributed by atoms with van der Waals surface area (Å²) in [5.41, 5.74) is 0. The van der Waals surface area contributed by atoms with Crippen LogP contribution in [0.1, 0.15) is 0 Å². The number of hydrogen-bond acceptors (Lipinski definition) is 6. The third kappa shape index (κ3) is 18.2. The van der Waals surface area contributed by atoms with Gasteiger partial charge in [0.1, 0.15) is 0 Å². The summed E-state index contributed by atoms with van der Waals surface area (Å²) in [4.78, 5) is 34.1. The van der Waals surface area contributed by atoms with Crippen LogP contribution in [-0.4, -0.2) is 32.8 Å². The van der Waals surface area contributed by atoms with Crippen molar-refractivity contribution in [2.75, 3.05) is 0 Å². The first-order valence-corrected chi connectivity index (χ1v) is 4.49. The van der Waals surface area contributed by atoms with Gasteiger partial charge in [0.05, 0.1) is 0 Å². The second kappa shape index (κ2) is 5.60. The molecule has 2 atom stereocenters. The molecule has 0 saturated carbocycles. The van der Waals surface area contributed by atoms with Gasteiger partial charge in [-0.1, -0.05) is 0 Å². The topological polar surface area (TPSA) is 165 Å². The normalized spacial score (nSPS) is 20.0. The fourth-order valence-electron chi connectivity index (χ4n) is 0.130. The first kappa shape index (κ1) is 17.9. The minimum absolute atomic E-state index is 0. The summed E-state index contributed by atoms with van der Waals surface area (Å²) in [6.45, 7) is 0. The maximum atomic E-state index is 9.48. The van der Waals surface area contributed by atoms with Gasteiger partial charge in [-0.05, 0) is 0 Å². The Morgan fingerprint density at radius 3 is 1.27 bits per heavy atom. The Kier molecular flexibility index (Phi) is 9.12. The molecule has 11 heteroatoms. The Labute approximate surface area is 78.2 Å². The van der Waals surface area contributed by atoms with Crippen molar-refractivity contribution in [1.82, 2.24) is 6.15 Å². The molecule has 0 saturated heterocycles. The smallest absolute Gasteiger partial charge is 0.756 e. The summed E-state index contributed by atoms with van der Waals surface area (Å²) < 4.78 is 21.7. The van der Waals surface area contributed by atoms with Crippen molar-refractivity contribution in [2.24, 2.45) is 0 Å². The molecule has 0 aromatic rings. The maximum Gasteiger partial charge on any atom is 2.00 e. The van der Waals surface area contributed by atoms with Crippen LogP contribution in [0, 0.1) is 0 Å². The minimum atomic E-state index is -5.36. The van der Waals surface area contributed by atoms with Crippen molar-refractivity contribution < 1.29 is 33.0 Å². The molecule has 0 aliphatic rings. The zero-order chi connectivity index (χ0) is 7.71. The predicted molar refractivity (Wildman–Crippen MR) is 31.5 cm³/mol. The Morgan fingerprint density at radius 2 is 1.27 bits per heavy atom. The summed E-state index contributed by atoms with van der Waals surface area (Å²) in [6, 6.07) is 0. The largest absolute Gasteiger partial charge is 2.00 e. The molecule has 0 aromatic heterocycles. The minimum Gasteiger partial charge on any atom is -0.756 e. The number of rotatable bonds is 2. The van der Waals surface area contributed by atoms with Gasteiger partial charge in [-0.3, -0.25) is 9.13 Å². The van der Waals surface area contributed by atoms with Gasteiger partial charge in [0.2, 0.25) is 0 Å². The fraction of sp³-hybridized carbons (Fsp3) is 0. The van der Waals surface area contributed by atoms with Crippen molar-refractivity contribution in [3.05, 3.63) is 0 Å². The second-order valence-corrected chi connectivity index (χ2v) is 3.55. The Hall–Kier alpha value is 0.986. The van der Waals surface area contributed by atoms with E-state index in [1.165, 1.54) is 0 Å². The van der Waals surface area contributed by atoms with Gasteiger partial charge in [-0.25, -0.2) is 4.31 Å². The van der Waals surface area contributed by atoms with Crippen LogP contribution in [0.25, 0.3) is 0 Å². The van der Waals surface area contributed by atoms with Crippen molar-refractivity contribution in [2.45, 2.75) is 0 Å². The van der Waals surface area contributed by atoms with Crippen LogP contribution in [-0.2, 0) is 13.4 Å². The molecule has 0 aliphatic heterocycles. The fourth-order valence-corrected chi connectivity index (χ4v) is 1.17. The van der Waals surface area contributed by atoms with E-state index in [4.69, 9.17) is 9.79 Å². The summed E-state index contributed by atoms with van der Waals surface area (Å²) >= 11 is 0. The van der Waals surface area contributed by atoms with E-state index in [1.807, 2.05) is 0 Å². The van der Waals surface area contributed by atoms with Crippen molar-refractivity contribution >= 4 is 38.7 Å². The van der Waals surface area contributed by atoms with Crippen molar-refractivity contribution in [1.29, 1.82) is 0 Å². The van der Waals surface area contributed by atoms with Gasteiger partial charge in [-0.2, -0.15) is 0 Å². The average Bonchev–Trinajstić information content (AvgIpc) is 1.14. The van der Waals surface area contributed by atoms with Gasteiger partial charge in [-0.15, -0.1) is 0 Å². The number of hydrogen-bond donors (Lipinski definition) is 3. The molecular formula is H5MgNO7P2. The van der Waals surface area contributed by atoms with E-state index < -0.39 is 15.6 Å². The molecule has 0 amide bonds. The molecule has 0 bridgehead atoms. The van der Waals surface area contributed by atoms with E-state index >= 15 is 0 Å². The quantitative estimate of drug-likeness (QED) is 0.343. The van der Waals surface area contributed by atoms with Crippen LogP contribution in [0.5, 0.6) is 0 Å².